The smallest absolute Gasteiger partial charge is 0.304 e. The number of aliphatic carboxylic acids is 1. The van der Waals surface area contributed by atoms with Gasteiger partial charge in [0.15, 0.2) is 0 Å². The standard InChI is InChI=1S/C12H24N2O4S/c1-9-5-4-6-11(10(9)2)13-19(17,18)14(3)8-7-12(15)16/h9-11,13H,4-8H2,1-3H3,(H,15,16). The minimum Gasteiger partial charge on any atom is -0.481 e. The van der Waals surface area contributed by atoms with Crippen LogP contribution in [0.2, 0.25) is 0 Å². The van der Waals surface area contributed by atoms with Crippen molar-refractivity contribution in [3.63, 3.8) is 0 Å². The number of hydrogen-bond donors (Lipinski definition) is 2. The van der Waals surface area contributed by atoms with E-state index in [2.05, 4.69) is 18.6 Å². The highest BCUT2D eigenvalue weighted by Crippen LogP contribution is 2.29. The van der Waals surface area contributed by atoms with Crippen molar-refractivity contribution in [1.29, 1.82) is 0 Å². The second-order valence-corrected chi connectivity index (χ2v) is 7.27. The molecule has 3 atom stereocenters. The van der Waals surface area contributed by atoms with E-state index in [0.717, 1.165) is 23.6 Å². The van der Waals surface area contributed by atoms with Crippen LogP contribution in [0.1, 0.15) is 39.5 Å². The van der Waals surface area contributed by atoms with Crippen molar-refractivity contribution in [2.45, 2.75) is 45.6 Å². The van der Waals surface area contributed by atoms with Gasteiger partial charge < -0.3 is 5.11 Å². The van der Waals surface area contributed by atoms with Crippen LogP contribution >= 0.6 is 0 Å². The maximum atomic E-state index is 12.1. The molecule has 0 saturated heterocycles. The van der Waals surface area contributed by atoms with E-state index < -0.39 is 16.2 Å². The van der Waals surface area contributed by atoms with Gasteiger partial charge in [-0.15, -0.1) is 0 Å². The SMILES string of the molecule is CC1CCCC(NS(=O)(=O)N(C)CCC(=O)O)C1C. The first-order valence-corrected chi connectivity index (χ1v) is 8.13. The van der Waals surface area contributed by atoms with Crippen molar-refractivity contribution in [3.05, 3.63) is 0 Å². The average Bonchev–Trinajstić information content (AvgIpc) is 2.31. The molecule has 1 fully saturated rings. The zero-order valence-corrected chi connectivity index (χ0v) is 12.6. The van der Waals surface area contributed by atoms with Crippen LogP contribution in [0.5, 0.6) is 0 Å². The van der Waals surface area contributed by atoms with Crippen LogP contribution in [-0.4, -0.2) is 43.4 Å². The summed E-state index contributed by atoms with van der Waals surface area (Å²) in [5.74, 6) is -0.191. The molecule has 0 aromatic carbocycles. The lowest BCUT2D eigenvalue weighted by molar-refractivity contribution is -0.137. The fraction of sp³-hybridized carbons (Fsp3) is 0.917. The largest absolute Gasteiger partial charge is 0.481 e. The number of carbonyl (C=O) groups is 1. The predicted molar refractivity (Wildman–Crippen MR) is 72.9 cm³/mol. The van der Waals surface area contributed by atoms with Crippen molar-refractivity contribution in [2.24, 2.45) is 11.8 Å². The van der Waals surface area contributed by atoms with Crippen molar-refractivity contribution in [2.75, 3.05) is 13.6 Å². The van der Waals surface area contributed by atoms with Gasteiger partial charge in [0.25, 0.3) is 10.2 Å². The Morgan fingerprint density at radius 1 is 1.37 bits per heavy atom. The van der Waals surface area contributed by atoms with Gasteiger partial charge in [0.1, 0.15) is 0 Å². The molecule has 1 aliphatic rings. The van der Waals surface area contributed by atoms with Crippen LogP contribution in [-0.2, 0) is 15.0 Å². The first-order valence-electron chi connectivity index (χ1n) is 6.69. The monoisotopic (exact) mass is 292 g/mol. The van der Waals surface area contributed by atoms with Crippen LogP contribution in [0.15, 0.2) is 0 Å². The Morgan fingerprint density at radius 3 is 2.58 bits per heavy atom. The molecule has 0 spiro atoms. The van der Waals surface area contributed by atoms with E-state index in [1.807, 2.05) is 0 Å². The number of nitrogens with zero attached hydrogens (tertiary/aromatic N) is 1. The Labute approximate surface area is 115 Å². The summed E-state index contributed by atoms with van der Waals surface area (Å²) >= 11 is 0. The number of carboxylic acid groups (broad SMARTS) is 1. The average molecular weight is 292 g/mol. The highest BCUT2D eigenvalue weighted by Gasteiger charge is 2.31. The van der Waals surface area contributed by atoms with Crippen LogP contribution < -0.4 is 4.72 Å². The molecule has 0 aliphatic heterocycles. The fourth-order valence-corrected chi connectivity index (χ4v) is 3.63. The number of hydrogen-bond acceptors (Lipinski definition) is 3. The Morgan fingerprint density at radius 2 is 2.00 bits per heavy atom. The Kier molecular flexibility index (Phi) is 5.76. The van der Waals surface area contributed by atoms with Crippen molar-refractivity contribution in [3.8, 4) is 0 Å². The maximum Gasteiger partial charge on any atom is 0.304 e. The van der Waals surface area contributed by atoms with Crippen LogP contribution in [0.25, 0.3) is 0 Å². The molecule has 1 rings (SSSR count). The zero-order chi connectivity index (χ0) is 14.6. The number of rotatable bonds is 6. The van der Waals surface area contributed by atoms with E-state index >= 15 is 0 Å². The van der Waals surface area contributed by atoms with Gasteiger partial charge in [0.05, 0.1) is 6.42 Å². The van der Waals surface area contributed by atoms with E-state index in [-0.39, 0.29) is 19.0 Å². The Hall–Kier alpha value is -0.660. The lowest BCUT2D eigenvalue weighted by Gasteiger charge is -2.35. The molecule has 0 aromatic rings. The molecule has 1 saturated carbocycles. The molecule has 1 aliphatic carbocycles. The first kappa shape index (κ1) is 16.4. The molecule has 0 aromatic heterocycles. The highest BCUT2D eigenvalue weighted by atomic mass is 32.2. The third-order valence-electron chi connectivity index (χ3n) is 4.06. The summed E-state index contributed by atoms with van der Waals surface area (Å²) in [5.41, 5.74) is 0. The van der Waals surface area contributed by atoms with Gasteiger partial charge in [-0.25, -0.2) is 0 Å². The zero-order valence-electron chi connectivity index (χ0n) is 11.8. The summed E-state index contributed by atoms with van der Waals surface area (Å²) in [5, 5.41) is 8.58. The molecule has 2 N–H and O–H groups in total. The lowest BCUT2D eigenvalue weighted by Crippen LogP contribution is -2.49. The van der Waals surface area contributed by atoms with Crippen LogP contribution in [0.4, 0.5) is 0 Å². The van der Waals surface area contributed by atoms with E-state index in [0.29, 0.717) is 11.8 Å². The fourth-order valence-electron chi connectivity index (χ4n) is 2.40. The number of carboxylic acids is 1. The molecule has 0 bridgehead atoms. The van der Waals surface area contributed by atoms with Gasteiger partial charge in [-0.2, -0.15) is 17.4 Å². The minimum atomic E-state index is -3.59. The van der Waals surface area contributed by atoms with E-state index in [1.165, 1.54) is 7.05 Å². The molecular weight excluding hydrogens is 268 g/mol. The van der Waals surface area contributed by atoms with Gasteiger partial charge in [-0.1, -0.05) is 26.7 Å². The summed E-state index contributed by atoms with van der Waals surface area (Å²) in [6.45, 7) is 4.19. The van der Waals surface area contributed by atoms with Crippen LogP contribution in [0, 0.1) is 11.8 Å². The second-order valence-electron chi connectivity index (χ2n) is 5.46. The summed E-state index contributed by atoms with van der Waals surface area (Å²) in [6, 6.07) is -0.0546. The first-order chi connectivity index (χ1) is 8.74. The predicted octanol–water partition coefficient (Wildman–Crippen LogP) is 1.05. The van der Waals surface area contributed by atoms with E-state index in [9.17, 15) is 13.2 Å². The Balaban J connectivity index is 2.60. The minimum absolute atomic E-state index is 0.0126. The van der Waals surface area contributed by atoms with E-state index in [1.54, 1.807) is 0 Å². The normalized spacial score (nSPS) is 28.5. The molecule has 0 heterocycles. The van der Waals surface area contributed by atoms with Crippen molar-refractivity contribution in [1.82, 2.24) is 9.03 Å². The molecule has 0 radical (unpaired) electrons. The summed E-state index contributed by atoms with van der Waals surface area (Å²) < 4.78 is 28.0. The summed E-state index contributed by atoms with van der Waals surface area (Å²) in [4.78, 5) is 10.5. The lowest BCUT2D eigenvalue weighted by atomic mass is 9.78. The molecule has 112 valence electrons. The third kappa shape index (κ3) is 4.74. The molecule has 7 heteroatoms. The van der Waals surface area contributed by atoms with Crippen LogP contribution in [0.3, 0.4) is 0 Å². The quantitative estimate of drug-likeness (QED) is 0.766. The topological polar surface area (TPSA) is 86.7 Å². The number of nitrogens with one attached hydrogen (secondary N) is 1. The molecule has 0 amide bonds. The van der Waals surface area contributed by atoms with Crippen molar-refractivity contribution < 1.29 is 18.3 Å². The third-order valence-corrected chi connectivity index (χ3v) is 5.66. The van der Waals surface area contributed by atoms with Gasteiger partial charge >= 0.3 is 5.97 Å². The summed E-state index contributed by atoms with van der Waals surface area (Å²) in [6.07, 6.45) is 2.82. The molecule has 3 unspecified atom stereocenters. The van der Waals surface area contributed by atoms with Gasteiger partial charge in [-0.3, -0.25) is 4.79 Å². The molecule has 6 nitrogen and oxygen atoms in total. The van der Waals surface area contributed by atoms with Gasteiger partial charge in [-0.05, 0) is 18.3 Å². The van der Waals surface area contributed by atoms with Gasteiger partial charge in [0, 0.05) is 19.6 Å². The Bertz CT molecular complexity index is 410. The molecular formula is C12H24N2O4S. The second kappa shape index (κ2) is 6.67. The highest BCUT2D eigenvalue weighted by molar-refractivity contribution is 7.87. The molecule has 19 heavy (non-hydrogen) atoms. The maximum absolute atomic E-state index is 12.1. The van der Waals surface area contributed by atoms with E-state index in [4.69, 9.17) is 5.11 Å². The van der Waals surface area contributed by atoms with Crippen molar-refractivity contribution >= 4 is 16.2 Å². The summed E-state index contributed by atoms with van der Waals surface area (Å²) in [7, 11) is -2.19. The van der Waals surface area contributed by atoms with Gasteiger partial charge in [0.2, 0.25) is 0 Å².